The Hall–Kier alpha value is -2.76. The van der Waals surface area contributed by atoms with Gasteiger partial charge in [0.1, 0.15) is 0 Å². The summed E-state index contributed by atoms with van der Waals surface area (Å²) in [5.41, 5.74) is 2.39. The van der Waals surface area contributed by atoms with E-state index in [1.807, 2.05) is 29.2 Å². The fourth-order valence-electron chi connectivity index (χ4n) is 2.56. The van der Waals surface area contributed by atoms with Crippen LogP contribution in [0.1, 0.15) is 5.56 Å². The molecule has 22 heavy (non-hydrogen) atoms. The third-order valence-corrected chi connectivity index (χ3v) is 3.59. The van der Waals surface area contributed by atoms with Crippen molar-refractivity contribution in [2.45, 2.75) is 13.1 Å². The average molecular weight is 298 g/mol. The van der Waals surface area contributed by atoms with E-state index in [0.717, 1.165) is 12.1 Å². The van der Waals surface area contributed by atoms with Gasteiger partial charge < -0.3 is 19.2 Å². The summed E-state index contributed by atoms with van der Waals surface area (Å²) in [5.74, 6) is 0. The third kappa shape index (κ3) is 2.95. The number of para-hydroxylation sites is 1. The van der Waals surface area contributed by atoms with Crippen LogP contribution in [0.15, 0.2) is 49.2 Å². The second-order valence-corrected chi connectivity index (χ2v) is 5.02. The fourth-order valence-corrected chi connectivity index (χ4v) is 2.56. The molecule has 1 N–H and O–H groups in total. The van der Waals surface area contributed by atoms with Crippen LogP contribution in [0.25, 0.3) is 10.9 Å². The van der Waals surface area contributed by atoms with Gasteiger partial charge in [-0.15, -0.1) is 0 Å². The maximum absolute atomic E-state index is 11.1. The van der Waals surface area contributed by atoms with Crippen LogP contribution in [-0.4, -0.2) is 33.9 Å². The molecule has 3 aromatic rings. The molecule has 0 fully saturated rings. The molecule has 0 aliphatic rings. The largest absolute Gasteiger partial charge is 0.453 e. The minimum Gasteiger partial charge on any atom is -0.453 e. The third-order valence-electron chi connectivity index (χ3n) is 3.59. The number of rotatable bonds is 5. The predicted molar refractivity (Wildman–Crippen MR) is 83.7 cm³/mol. The number of carbonyl (C=O) groups is 1. The topological polar surface area (TPSA) is 61.1 Å². The molecule has 3 rings (SSSR count). The van der Waals surface area contributed by atoms with Gasteiger partial charge in [0.15, 0.2) is 0 Å². The molecule has 0 spiro atoms. The number of nitrogens with zero attached hydrogens (tertiary/aromatic N) is 3. The summed E-state index contributed by atoms with van der Waals surface area (Å²) in [6.07, 6.45) is 7.26. The van der Waals surface area contributed by atoms with Gasteiger partial charge in [-0.1, -0.05) is 18.2 Å². The number of ether oxygens (including phenoxy) is 1. The van der Waals surface area contributed by atoms with Gasteiger partial charge in [0.2, 0.25) is 0 Å². The number of nitrogens with one attached hydrogen (secondary N) is 1. The Labute approximate surface area is 128 Å². The number of benzene rings is 1. The second kappa shape index (κ2) is 6.34. The van der Waals surface area contributed by atoms with E-state index < -0.39 is 6.09 Å². The molecule has 1 amide bonds. The van der Waals surface area contributed by atoms with Crippen LogP contribution >= 0.6 is 0 Å². The maximum Gasteiger partial charge on any atom is 0.406 e. The molecule has 0 saturated carbocycles. The SMILES string of the molecule is COC(=O)NCCn1cc(Cn2ccnc2)c2ccccc21. The molecular weight excluding hydrogens is 280 g/mol. The number of aromatic nitrogens is 3. The van der Waals surface area contributed by atoms with Crippen LogP contribution in [0.5, 0.6) is 0 Å². The predicted octanol–water partition coefficient (Wildman–Crippen LogP) is 2.24. The highest BCUT2D eigenvalue weighted by Gasteiger charge is 2.08. The first-order chi connectivity index (χ1) is 10.8. The quantitative estimate of drug-likeness (QED) is 0.786. The zero-order chi connectivity index (χ0) is 15.4. The van der Waals surface area contributed by atoms with E-state index in [1.54, 1.807) is 6.20 Å². The first-order valence-corrected chi connectivity index (χ1v) is 7.12. The summed E-state index contributed by atoms with van der Waals surface area (Å²) in [6.45, 7) is 1.99. The fraction of sp³-hybridized carbons (Fsp3) is 0.250. The Morgan fingerprint density at radius 2 is 2.23 bits per heavy atom. The Morgan fingerprint density at radius 3 is 3.00 bits per heavy atom. The summed E-state index contributed by atoms with van der Waals surface area (Å²) in [5, 5.41) is 3.92. The number of methoxy groups -OCH3 is 1. The minimum absolute atomic E-state index is 0.407. The monoisotopic (exact) mass is 298 g/mol. The van der Waals surface area contributed by atoms with Gasteiger partial charge in [-0.3, -0.25) is 0 Å². The molecule has 0 bridgehead atoms. The van der Waals surface area contributed by atoms with Crippen LogP contribution in [0.3, 0.4) is 0 Å². The minimum atomic E-state index is -0.407. The molecule has 1 aromatic carbocycles. The van der Waals surface area contributed by atoms with Crippen molar-refractivity contribution in [2.24, 2.45) is 0 Å². The number of hydrogen-bond acceptors (Lipinski definition) is 3. The summed E-state index contributed by atoms with van der Waals surface area (Å²) in [7, 11) is 1.36. The Kier molecular flexibility index (Phi) is 4.09. The van der Waals surface area contributed by atoms with E-state index in [1.165, 1.54) is 18.1 Å². The van der Waals surface area contributed by atoms with Crippen molar-refractivity contribution in [1.29, 1.82) is 0 Å². The van der Waals surface area contributed by atoms with E-state index in [-0.39, 0.29) is 0 Å². The summed E-state index contributed by atoms with van der Waals surface area (Å²) in [4.78, 5) is 15.2. The van der Waals surface area contributed by atoms with Crippen LogP contribution in [0, 0.1) is 0 Å². The molecule has 0 aliphatic carbocycles. The van der Waals surface area contributed by atoms with E-state index in [9.17, 15) is 4.79 Å². The van der Waals surface area contributed by atoms with Crippen molar-refractivity contribution < 1.29 is 9.53 Å². The number of imidazole rings is 1. The van der Waals surface area contributed by atoms with Gasteiger partial charge in [-0.05, 0) is 11.6 Å². The first kappa shape index (κ1) is 14.2. The molecule has 6 nitrogen and oxygen atoms in total. The van der Waals surface area contributed by atoms with Crippen LogP contribution < -0.4 is 5.32 Å². The number of fused-ring (bicyclic) bond motifs is 1. The molecule has 2 aromatic heterocycles. The summed E-state index contributed by atoms with van der Waals surface area (Å²) in [6, 6.07) is 8.26. The highest BCUT2D eigenvalue weighted by Crippen LogP contribution is 2.22. The molecule has 0 saturated heterocycles. The van der Waals surface area contributed by atoms with Crippen molar-refractivity contribution in [2.75, 3.05) is 13.7 Å². The van der Waals surface area contributed by atoms with Crippen molar-refractivity contribution >= 4 is 17.0 Å². The second-order valence-electron chi connectivity index (χ2n) is 5.02. The van der Waals surface area contributed by atoms with Gasteiger partial charge >= 0.3 is 6.09 Å². The smallest absolute Gasteiger partial charge is 0.406 e. The molecule has 0 atom stereocenters. The van der Waals surface area contributed by atoms with Crippen molar-refractivity contribution in [1.82, 2.24) is 19.4 Å². The van der Waals surface area contributed by atoms with E-state index >= 15 is 0 Å². The Morgan fingerprint density at radius 1 is 1.36 bits per heavy atom. The normalized spacial score (nSPS) is 10.8. The molecule has 114 valence electrons. The molecule has 2 heterocycles. The highest BCUT2D eigenvalue weighted by atomic mass is 16.5. The van der Waals surface area contributed by atoms with Crippen molar-refractivity contribution in [3.8, 4) is 0 Å². The van der Waals surface area contributed by atoms with Gasteiger partial charge in [-0.25, -0.2) is 9.78 Å². The molecular formula is C16H18N4O2. The lowest BCUT2D eigenvalue weighted by Crippen LogP contribution is -2.26. The Balaban J connectivity index is 1.82. The van der Waals surface area contributed by atoms with Crippen LogP contribution in [0.2, 0.25) is 0 Å². The molecule has 0 radical (unpaired) electrons. The molecule has 6 heteroatoms. The highest BCUT2D eigenvalue weighted by molar-refractivity contribution is 5.84. The van der Waals surface area contributed by atoms with Crippen molar-refractivity contribution in [3.05, 3.63) is 54.7 Å². The lowest BCUT2D eigenvalue weighted by Gasteiger charge is -2.06. The van der Waals surface area contributed by atoms with Crippen LogP contribution in [0.4, 0.5) is 4.79 Å². The molecule has 0 unspecified atom stereocenters. The van der Waals surface area contributed by atoms with Crippen molar-refractivity contribution in [3.63, 3.8) is 0 Å². The number of alkyl carbamates (subject to hydrolysis) is 1. The standard InChI is InChI=1S/C16H18N4O2/c1-22-16(21)18-7-9-20-11-13(10-19-8-6-17-12-19)14-4-2-3-5-15(14)20/h2-6,8,11-12H,7,9-10H2,1H3,(H,18,21). The lowest BCUT2D eigenvalue weighted by molar-refractivity contribution is 0.170. The van der Waals surface area contributed by atoms with Gasteiger partial charge in [-0.2, -0.15) is 0 Å². The number of hydrogen-bond donors (Lipinski definition) is 1. The van der Waals surface area contributed by atoms with E-state index in [2.05, 4.69) is 37.9 Å². The summed E-state index contributed by atoms with van der Waals surface area (Å²) < 4.78 is 8.77. The zero-order valence-electron chi connectivity index (χ0n) is 12.4. The average Bonchev–Trinajstić information content (AvgIpc) is 3.17. The van der Waals surface area contributed by atoms with E-state index in [0.29, 0.717) is 13.1 Å². The van der Waals surface area contributed by atoms with Gasteiger partial charge in [0.05, 0.1) is 20.0 Å². The van der Waals surface area contributed by atoms with Gasteiger partial charge in [0, 0.05) is 42.6 Å². The summed E-state index contributed by atoms with van der Waals surface area (Å²) >= 11 is 0. The number of amides is 1. The van der Waals surface area contributed by atoms with Crippen LogP contribution in [-0.2, 0) is 17.8 Å². The number of carbonyl (C=O) groups excluding carboxylic acids is 1. The maximum atomic E-state index is 11.1. The Bertz CT molecular complexity index is 762. The molecule has 0 aliphatic heterocycles. The lowest BCUT2D eigenvalue weighted by atomic mass is 10.2. The zero-order valence-corrected chi connectivity index (χ0v) is 12.4. The van der Waals surface area contributed by atoms with E-state index in [4.69, 9.17) is 0 Å². The first-order valence-electron chi connectivity index (χ1n) is 7.12. The van der Waals surface area contributed by atoms with Gasteiger partial charge in [0.25, 0.3) is 0 Å².